The average Bonchev–Trinajstić information content (AvgIpc) is 2.64. The Labute approximate surface area is 88.1 Å². The lowest BCUT2D eigenvalue weighted by molar-refractivity contribution is 0.618. The van der Waals surface area contributed by atoms with Crippen molar-refractivity contribution >= 4 is 17.4 Å². The van der Waals surface area contributed by atoms with Gasteiger partial charge in [-0.1, -0.05) is 0 Å². The van der Waals surface area contributed by atoms with Crippen molar-refractivity contribution in [1.29, 1.82) is 0 Å². The molecule has 1 aromatic rings. The Hall–Kier alpha value is -0.700. The zero-order valence-electron chi connectivity index (χ0n) is 8.22. The van der Waals surface area contributed by atoms with Crippen LogP contribution in [0.25, 0.3) is 0 Å². The van der Waals surface area contributed by atoms with Crippen LogP contribution in [0.4, 0.5) is 10.1 Å². The third-order valence-electron chi connectivity index (χ3n) is 2.46. The fourth-order valence-corrected chi connectivity index (χ4v) is 2.77. The van der Waals surface area contributed by atoms with Crippen molar-refractivity contribution in [3.8, 4) is 0 Å². The topological polar surface area (TPSA) is 12.0 Å². The molecule has 1 nitrogen and oxygen atoms in total. The maximum atomic E-state index is 13.0. The van der Waals surface area contributed by atoms with Gasteiger partial charge in [-0.3, -0.25) is 0 Å². The molecule has 1 saturated heterocycles. The summed E-state index contributed by atoms with van der Waals surface area (Å²) in [5.74, 6) is 2.27. The van der Waals surface area contributed by atoms with E-state index in [1.54, 1.807) is 6.92 Å². The molecular weight excluding hydrogens is 197 g/mol. The van der Waals surface area contributed by atoms with E-state index in [0.717, 1.165) is 11.4 Å². The van der Waals surface area contributed by atoms with Crippen LogP contribution >= 0.6 is 11.8 Å². The zero-order valence-corrected chi connectivity index (χ0v) is 9.03. The second-order valence-corrected chi connectivity index (χ2v) is 4.82. The molecule has 1 aromatic carbocycles. The number of aryl methyl sites for hydroxylation is 1. The second-order valence-electron chi connectivity index (χ2n) is 3.67. The number of thioether (sulfide) groups is 1. The van der Waals surface area contributed by atoms with Crippen LogP contribution in [0.3, 0.4) is 0 Å². The van der Waals surface area contributed by atoms with Gasteiger partial charge in [-0.15, -0.1) is 0 Å². The summed E-state index contributed by atoms with van der Waals surface area (Å²) >= 11 is 1.97. The molecule has 2 rings (SSSR count). The van der Waals surface area contributed by atoms with E-state index in [4.69, 9.17) is 0 Å². The van der Waals surface area contributed by atoms with Gasteiger partial charge in [-0.2, -0.15) is 11.8 Å². The van der Waals surface area contributed by atoms with Gasteiger partial charge in [0.05, 0.1) is 0 Å². The van der Waals surface area contributed by atoms with Gasteiger partial charge >= 0.3 is 0 Å². The van der Waals surface area contributed by atoms with Gasteiger partial charge in [-0.25, -0.2) is 4.39 Å². The predicted octanol–water partition coefficient (Wildman–Crippen LogP) is 3.05. The van der Waals surface area contributed by atoms with Crippen molar-refractivity contribution in [3.63, 3.8) is 0 Å². The third kappa shape index (κ3) is 2.21. The number of halogens is 1. The van der Waals surface area contributed by atoms with E-state index in [0.29, 0.717) is 11.6 Å². The maximum absolute atomic E-state index is 13.0. The lowest BCUT2D eigenvalue weighted by Crippen LogP contribution is -2.18. The van der Waals surface area contributed by atoms with E-state index in [9.17, 15) is 4.39 Å². The zero-order chi connectivity index (χ0) is 9.97. The van der Waals surface area contributed by atoms with Gasteiger partial charge in [-0.05, 0) is 42.9 Å². The molecule has 0 bridgehead atoms. The number of anilines is 1. The van der Waals surface area contributed by atoms with Crippen LogP contribution in [-0.2, 0) is 0 Å². The maximum Gasteiger partial charge on any atom is 0.126 e. The number of benzene rings is 1. The van der Waals surface area contributed by atoms with Crippen LogP contribution in [0.5, 0.6) is 0 Å². The molecule has 0 spiro atoms. The molecule has 14 heavy (non-hydrogen) atoms. The van der Waals surface area contributed by atoms with Crippen LogP contribution in [-0.4, -0.2) is 17.5 Å². The van der Waals surface area contributed by atoms with Gasteiger partial charge in [0.2, 0.25) is 0 Å². The summed E-state index contributed by atoms with van der Waals surface area (Å²) < 4.78 is 13.0. The SMILES string of the molecule is Cc1cc(N[C@@H]2CCSC2)ccc1F. The minimum atomic E-state index is -0.128. The molecule has 0 aromatic heterocycles. The number of hydrogen-bond donors (Lipinski definition) is 1. The molecule has 0 radical (unpaired) electrons. The Bertz CT molecular complexity index is 321. The molecule has 1 heterocycles. The fourth-order valence-electron chi connectivity index (χ4n) is 1.62. The van der Waals surface area contributed by atoms with Crippen molar-refractivity contribution in [1.82, 2.24) is 0 Å². The van der Waals surface area contributed by atoms with E-state index in [1.165, 1.54) is 18.2 Å². The summed E-state index contributed by atoms with van der Waals surface area (Å²) in [7, 11) is 0. The first-order valence-corrected chi connectivity index (χ1v) is 6.01. The lowest BCUT2D eigenvalue weighted by atomic mass is 10.2. The average molecular weight is 211 g/mol. The van der Waals surface area contributed by atoms with Crippen LogP contribution < -0.4 is 5.32 Å². The van der Waals surface area contributed by atoms with Crippen LogP contribution in [0.1, 0.15) is 12.0 Å². The van der Waals surface area contributed by atoms with Gasteiger partial charge in [0.1, 0.15) is 5.82 Å². The number of hydrogen-bond acceptors (Lipinski definition) is 2. The molecule has 0 aliphatic carbocycles. The molecule has 0 unspecified atom stereocenters. The molecule has 0 amide bonds. The highest BCUT2D eigenvalue weighted by molar-refractivity contribution is 7.99. The molecule has 1 aliphatic rings. The summed E-state index contributed by atoms with van der Waals surface area (Å²) in [6.07, 6.45) is 1.21. The van der Waals surface area contributed by atoms with Crippen LogP contribution in [0.2, 0.25) is 0 Å². The first-order valence-electron chi connectivity index (χ1n) is 4.86. The highest BCUT2D eigenvalue weighted by Gasteiger charge is 2.14. The van der Waals surface area contributed by atoms with E-state index in [2.05, 4.69) is 5.32 Å². The Morgan fingerprint density at radius 3 is 3.00 bits per heavy atom. The fraction of sp³-hybridized carbons (Fsp3) is 0.455. The van der Waals surface area contributed by atoms with Crippen molar-refractivity contribution in [2.75, 3.05) is 16.8 Å². The summed E-state index contributed by atoms with van der Waals surface area (Å²) in [6, 6.07) is 5.77. The second kappa shape index (κ2) is 4.22. The summed E-state index contributed by atoms with van der Waals surface area (Å²) in [5, 5.41) is 3.42. The molecule has 1 atom stereocenters. The third-order valence-corrected chi connectivity index (χ3v) is 3.62. The highest BCUT2D eigenvalue weighted by Crippen LogP contribution is 2.22. The minimum absolute atomic E-state index is 0.128. The standard InChI is InChI=1S/C11H14FNS/c1-8-6-9(2-3-11(8)12)13-10-4-5-14-7-10/h2-3,6,10,13H,4-5,7H2,1H3/t10-/m1/s1. The minimum Gasteiger partial charge on any atom is -0.381 e. The Morgan fingerprint density at radius 1 is 1.50 bits per heavy atom. The van der Waals surface area contributed by atoms with Crippen molar-refractivity contribution in [2.24, 2.45) is 0 Å². The molecule has 1 fully saturated rings. The molecular formula is C11H14FNS. The van der Waals surface area contributed by atoms with Gasteiger partial charge < -0.3 is 5.32 Å². The summed E-state index contributed by atoms with van der Waals surface area (Å²) in [5.41, 5.74) is 1.75. The van der Waals surface area contributed by atoms with E-state index < -0.39 is 0 Å². The molecule has 76 valence electrons. The quantitative estimate of drug-likeness (QED) is 0.807. The van der Waals surface area contributed by atoms with Crippen LogP contribution in [0, 0.1) is 12.7 Å². The van der Waals surface area contributed by atoms with Gasteiger partial charge in [0, 0.05) is 17.5 Å². The van der Waals surface area contributed by atoms with E-state index in [-0.39, 0.29) is 5.82 Å². The largest absolute Gasteiger partial charge is 0.381 e. The first-order chi connectivity index (χ1) is 6.75. The molecule has 0 saturated carbocycles. The van der Waals surface area contributed by atoms with Crippen molar-refractivity contribution in [3.05, 3.63) is 29.6 Å². The smallest absolute Gasteiger partial charge is 0.126 e. The van der Waals surface area contributed by atoms with Crippen molar-refractivity contribution in [2.45, 2.75) is 19.4 Å². The monoisotopic (exact) mass is 211 g/mol. The van der Waals surface area contributed by atoms with Crippen molar-refractivity contribution < 1.29 is 4.39 Å². The Kier molecular flexibility index (Phi) is 2.96. The first kappa shape index (κ1) is 9.84. The number of rotatable bonds is 2. The van der Waals surface area contributed by atoms with Gasteiger partial charge in [0.15, 0.2) is 0 Å². The molecule has 1 N–H and O–H groups in total. The van der Waals surface area contributed by atoms with E-state index >= 15 is 0 Å². The predicted molar refractivity (Wildman–Crippen MR) is 60.5 cm³/mol. The number of nitrogens with one attached hydrogen (secondary N) is 1. The van der Waals surface area contributed by atoms with Gasteiger partial charge in [0.25, 0.3) is 0 Å². The Balaban J connectivity index is 2.05. The molecule has 3 heteroatoms. The van der Waals surface area contributed by atoms with Crippen LogP contribution in [0.15, 0.2) is 18.2 Å². The summed E-state index contributed by atoms with van der Waals surface area (Å²) in [6.45, 7) is 1.80. The normalized spacial score (nSPS) is 21.1. The summed E-state index contributed by atoms with van der Waals surface area (Å²) in [4.78, 5) is 0. The Morgan fingerprint density at radius 2 is 2.36 bits per heavy atom. The molecule has 1 aliphatic heterocycles. The highest BCUT2D eigenvalue weighted by atomic mass is 32.2. The van der Waals surface area contributed by atoms with E-state index in [1.807, 2.05) is 23.9 Å². The lowest BCUT2D eigenvalue weighted by Gasteiger charge is -2.13.